The fraction of sp³-hybridized carbons (Fsp3) is 0.100. The van der Waals surface area contributed by atoms with Crippen molar-refractivity contribution in [3.8, 4) is 28.8 Å². The van der Waals surface area contributed by atoms with Crippen molar-refractivity contribution in [3.63, 3.8) is 0 Å². The van der Waals surface area contributed by atoms with Crippen molar-refractivity contribution >= 4 is 0 Å². The zero-order valence-corrected chi connectivity index (χ0v) is 7.85. The number of rotatable bonds is 1. The molecule has 0 unspecified atom stereocenters. The van der Waals surface area contributed by atoms with Gasteiger partial charge in [-0.3, -0.25) is 4.79 Å². The van der Waals surface area contributed by atoms with Crippen molar-refractivity contribution in [3.05, 3.63) is 28.4 Å². The second-order valence-corrected chi connectivity index (χ2v) is 2.97. The molecule has 5 nitrogen and oxygen atoms in total. The zero-order chi connectivity index (χ0) is 11.0. The highest BCUT2D eigenvalue weighted by atomic mass is 16.5. The van der Waals surface area contributed by atoms with Gasteiger partial charge in [-0.15, -0.1) is 0 Å². The molecule has 1 aliphatic heterocycles. The fourth-order valence-corrected chi connectivity index (χ4v) is 1.28. The van der Waals surface area contributed by atoms with Gasteiger partial charge in [0.15, 0.2) is 11.2 Å². The van der Waals surface area contributed by atoms with Gasteiger partial charge >= 0.3 is 5.95 Å². The third-order valence-electron chi connectivity index (χ3n) is 2.02. The van der Waals surface area contributed by atoms with Crippen LogP contribution in [0.2, 0.25) is 0 Å². The first-order valence-electron chi connectivity index (χ1n) is 4.15. The highest BCUT2D eigenvalue weighted by molar-refractivity contribution is 5.64. The summed E-state index contributed by atoms with van der Waals surface area (Å²) in [5.41, 5.74) is -0.158. The van der Waals surface area contributed by atoms with E-state index in [1.165, 1.54) is 19.2 Å². The molecule has 0 radical (unpaired) electrons. The molecule has 0 saturated carbocycles. The SMILES string of the molecule is COc1cc2oc(O)c(O)cc-2c(=O)c1. The van der Waals surface area contributed by atoms with Crippen LogP contribution in [-0.4, -0.2) is 17.3 Å². The Labute approximate surface area is 84.5 Å². The molecule has 2 aliphatic rings. The Bertz CT molecular complexity index is 528. The lowest BCUT2D eigenvalue weighted by Crippen LogP contribution is -2.04. The monoisotopic (exact) mass is 208 g/mol. The van der Waals surface area contributed by atoms with Gasteiger partial charge in [-0.2, -0.15) is 0 Å². The van der Waals surface area contributed by atoms with Crippen molar-refractivity contribution < 1.29 is 19.4 Å². The Morgan fingerprint density at radius 1 is 1.27 bits per heavy atom. The number of aromatic hydroxyl groups is 2. The van der Waals surface area contributed by atoms with E-state index in [0.717, 1.165) is 6.07 Å². The highest BCUT2D eigenvalue weighted by Crippen LogP contribution is 2.33. The average molecular weight is 208 g/mol. The van der Waals surface area contributed by atoms with Gasteiger partial charge in [-0.05, 0) is 0 Å². The van der Waals surface area contributed by atoms with Gasteiger partial charge in [0.2, 0.25) is 0 Å². The highest BCUT2D eigenvalue weighted by Gasteiger charge is 2.15. The topological polar surface area (TPSA) is 79.9 Å². The normalized spacial score (nSPS) is 10.5. The van der Waals surface area contributed by atoms with Crippen LogP contribution in [0.5, 0.6) is 17.4 Å². The first-order valence-corrected chi connectivity index (χ1v) is 4.15. The molecule has 5 heteroatoms. The summed E-state index contributed by atoms with van der Waals surface area (Å²) in [7, 11) is 1.42. The maximum atomic E-state index is 11.5. The largest absolute Gasteiger partial charge is 0.502 e. The predicted octanol–water partition coefficient (Wildman–Crippen LogP) is 1.16. The summed E-state index contributed by atoms with van der Waals surface area (Å²) in [5, 5.41) is 18.3. The summed E-state index contributed by atoms with van der Waals surface area (Å²) < 4.78 is 9.71. The Kier molecular flexibility index (Phi) is 2.00. The summed E-state index contributed by atoms with van der Waals surface area (Å²) in [6, 6.07) is 3.88. The Morgan fingerprint density at radius 3 is 2.67 bits per heavy atom. The molecular weight excluding hydrogens is 200 g/mol. The van der Waals surface area contributed by atoms with Gasteiger partial charge in [0.25, 0.3) is 0 Å². The van der Waals surface area contributed by atoms with E-state index in [0.29, 0.717) is 5.75 Å². The lowest BCUT2D eigenvalue weighted by molar-refractivity contribution is 0.294. The van der Waals surface area contributed by atoms with E-state index in [9.17, 15) is 4.79 Å². The summed E-state index contributed by atoms with van der Waals surface area (Å²) in [4.78, 5) is 11.5. The van der Waals surface area contributed by atoms with Gasteiger partial charge in [-0.25, -0.2) is 0 Å². The van der Waals surface area contributed by atoms with Crippen LogP contribution in [-0.2, 0) is 0 Å². The second kappa shape index (κ2) is 3.20. The Balaban J connectivity index is 2.81. The predicted molar refractivity (Wildman–Crippen MR) is 51.5 cm³/mol. The van der Waals surface area contributed by atoms with Crippen LogP contribution in [0.4, 0.5) is 0 Å². The third kappa shape index (κ3) is 1.48. The quantitative estimate of drug-likeness (QED) is 0.735. The van der Waals surface area contributed by atoms with Crippen molar-refractivity contribution in [1.29, 1.82) is 0 Å². The number of hydrogen-bond donors (Lipinski definition) is 2. The van der Waals surface area contributed by atoms with Gasteiger partial charge in [0.05, 0.1) is 12.7 Å². The van der Waals surface area contributed by atoms with Crippen molar-refractivity contribution in [2.45, 2.75) is 0 Å². The molecular formula is C10H8O5. The molecule has 0 bridgehead atoms. The van der Waals surface area contributed by atoms with Crippen molar-refractivity contribution in [2.24, 2.45) is 0 Å². The molecule has 0 spiro atoms. The van der Waals surface area contributed by atoms with E-state index in [1.807, 2.05) is 0 Å². The molecule has 0 saturated heterocycles. The Hall–Kier alpha value is -2.17. The number of fused-ring (bicyclic) bond motifs is 1. The zero-order valence-electron chi connectivity index (χ0n) is 7.85. The summed E-state index contributed by atoms with van der Waals surface area (Å²) in [6.45, 7) is 0. The van der Waals surface area contributed by atoms with E-state index in [-0.39, 0.29) is 16.8 Å². The molecule has 0 fully saturated rings. The minimum absolute atomic E-state index is 0.162. The molecule has 0 aromatic carbocycles. The lowest BCUT2D eigenvalue weighted by atomic mass is 10.1. The average Bonchev–Trinajstić information content (AvgIpc) is 2.21. The molecule has 0 aromatic heterocycles. The smallest absolute Gasteiger partial charge is 0.326 e. The van der Waals surface area contributed by atoms with Gasteiger partial charge in [0.1, 0.15) is 11.5 Å². The number of benzene rings is 1. The van der Waals surface area contributed by atoms with E-state index in [1.54, 1.807) is 0 Å². The Morgan fingerprint density at radius 2 is 2.00 bits per heavy atom. The van der Waals surface area contributed by atoms with Crippen LogP contribution in [0.3, 0.4) is 0 Å². The van der Waals surface area contributed by atoms with Crippen LogP contribution in [0.15, 0.2) is 27.4 Å². The van der Waals surface area contributed by atoms with E-state index < -0.39 is 11.7 Å². The standard InChI is InChI=1S/C10H8O5/c1-14-5-2-7(11)6-4-8(12)10(13)15-9(6)3-5/h2-4,12-13H,1H3. The van der Waals surface area contributed by atoms with Gasteiger partial charge in [0, 0.05) is 18.2 Å². The van der Waals surface area contributed by atoms with E-state index >= 15 is 0 Å². The van der Waals surface area contributed by atoms with Crippen LogP contribution in [0.1, 0.15) is 0 Å². The molecule has 2 rings (SSSR count). The van der Waals surface area contributed by atoms with Crippen LogP contribution >= 0.6 is 0 Å². The van der Waals surface area contributed by atoms with Gasteiger partial charge < -0.3 is 19.4 Å². The van der Waals surface area contributed by atoms with Crippen molar-refractivity contribution in [1.82, 2.24) is 0 Å². The van der Waals surface area contributed by atoms with Crippen LogP contribution < -0.4 is 10.2 Å². The summed E-state index contributed by atoms with van der Waals surface area (Å²) in [5.74, 6) is -0.601. The fourth-order valence-electron chi connectivity index (χ4n) is 1.28. The minimum atomic E-state index is -0.629. The molecule has 0 aromatic rings. The number of methoxy groups -OCH3 is 1. The van der Waals surface area contributed by atoms with Gasteiger partial charge in [-0.1, -0.05) is 0 Å². The molecule has 15 heavy (non-hydrogen) atoms. The molecule has 0 amide bonds. The number of hydrogen-bond acceptors (Lipinski definition) is 5. The van der Waals surface area contributed by atoms with E-state index in [4.69, 9.17) is 19.4 Å². The van der Waals surface area contributed by atoms with Crippen molar-refractivity contribution in [2.75, 3.05) is 7.11 Å². The number of ether oxygens (including phenoxy) is 1. The maximum absolute atomic E-state index is 11.5. The van der Waals surface area contributed by atoms with Crippen LogP contribution in [0, 0.1) is 0 Å². The lowest BCUT2D eigenvalue weighted by Gasteiger charge is -2.07. The molecule has 78 valence electrons. The van der Waals surface area contributed by atoms with Crippen LogP contribution in [0.25, 0.3) is 11.3 Å². The molecule has 0 atom stereocenters. The first kappa shape index (κ1) is 9.39. The molecule has 1 heterocycles. The minimum Gasteiger partial charge on any atom is -0.502 e. The summed E-state index contributed by atoms with van der Waals surface area (Å²) in [6.07, 6.45) is 0. The molecule has 1 aliphatic carbocycles. The summed E-state index contributed by atoms with van der Waals surface area (Å²) >= 11 is 0. The van der Waals surface area contributed by atoms with E-state index in [2.05, 4.69) is 0 Å². The maximum Gasteiger partial charge on any atom is 0.326 e. The third-order valence-corrected chi connectivity index (χ3v) is 2.02. The second-order valence-electron chi connectivity index (χ2n) is 2.97. The molecule has 2 N–H and O–H groups in total. The first-order chi connectivity index (χ1) is 7.11.